The van der Waals surface area contributed by atoms with Crippen molar-refractivity contribution in [2.45, 2.75) is 24.8 Å². The summed E-state index contributed by atoms with van der Waals surface area (Å²) in [7, 11) is 1.63. The number of thioether (sulfide) groups is 1. The van der Waals surface area contributed by atoms with E-state index in [9.17, 15) is 9.90 Å². The second kappa shape index (κ2) is 11.0. The first kappa shape index (κ1) is 23.5. The highest BCUT2D eigenvalue weighted by Crippen LogP contribution is 2.32. The van der Waals surface area contributed by atoms with Crippen molar-refractivity contribution >= 4 is 11.8 Å². The molecule has 5 nitrogen and oxygen atoms in total. The second-order valence-corrected chi connectivity index (χ2v) is 8.88. The zero-order chi connectivity index (χ0) is 23.9. The molecule has 0 spiro atoms. The monoisotopic (exact) mass is 474 g/mol. The molecule has 6 heteroatoms. The quantitative estimate of drug-likeness (QED) is 0.290. The Labute approximate surface area is 203 Å². The highest BCUT2D eigenvalue weighted by Gasteiger charge is 2.14. The average Bonchev–Trinajstić information content (AvgIpc) is 2.85. The molecule has 3 aromatic carbocycles. The van der Waals surface area contributed by atoms with Gasteiger partial charge in [-0.05, 0) is 48.7 Å². The minimum Gasteiger partial charge on any atom is -0.506 e. The van der Waals surface area contributed by atoms with Crippen LogP contribution in [0.5, 0.6) is 17.2 Å². The van der Waals surface area contributed by atoms with Gasteiger partial charge in [0.15, 0.2) is 0 Å². The van der Waals surface area contributed by atoms with Crippen LogP contribution in [0.15, 0.2) is 93.0 Å². The number of methoxy groups -OCH3 is 1. The summed E-state index contributed by atoms with van der Waals surface area (Å²) >= 11 is 1.30. The largest absolute Gasteiger partial charge is 0.506 e. The Bertz CT molecular complexity index is 1310. The Morgan fingerprint density at radius 1 is 0.941 bits per heavy atom. The van der Waals surface area contributed by atoms with Gasteiger partial charge < -0.3 is 19.0 Å². The number of hydrogen-bond donors (Lipinski definition) is 1. The molecule has 174 valence electrons. The van der Waals surface area contributed by atoms with Crippen molar-refractivity contribution < 1.29 is 19.0 Å². The molecule has 0 saturated heterocycles. The van der Waals surface area contributed by atoms with Gasteiger partial charge in [-0.15, -0.1) is 11.8 Å². The fourth-order valence-corrected chi connectivity index (χ4v) is 4.51. The molecular weight excluding hydrogens is 448 g/mol. The molecule has 0 atom stereocenters. The van der Waals surface area contributed by atoms with Crippen LogP contribution < -0.4 is 15.1 Å². The van der Waals surface area contributed by atoms with Gasteiger partial charge >= 0.3 is 5.63 Å². The maximum absolute atomic E-state index is 12.6. The summed E-state index contributed by atoms with van der Waals surface area (Å²) < 4.78 is 16.9. The molecule has 0 bridgehead atoms. The topological polar surface area (TPSA) is 68.9 Å². The minimum atomic E-state index is -0.540. The molecule has 34 heavy (non-hydrogen) atoms. The van der Waals surface area contributed by atoms with Crippen LogP contribution in [0.1, 0.15) is 16.7 Å². The number of ether oxygens (including phenoxy) is 2. The van der Waals surface area contributed by atoms with Gasteiger partial charge in [-0.1, -0.05) is 48.5 Å². The van der Waals surface area contributed by atoms with Crippen LogP contribution in [0.4, 0.5) is 0 Å². The maximum Gasteiger partial charge on any atom is 0.353 e. The summed E-state index contributed by atoms with van der Waals surface area (Å²) in [4.78, 5) is 12.8. The van der Waals surface area contributed by atoms with Crippen LogP contribution in [0.25, 0.3) is 11.3 Å². The van der Waals surface area contributed by atoms with Gasteiger partial charge in [-0.2, -0.15) is 0 Å². The fraction of sp³-hybridized carbons (Fsp3) is 0.179. The molecule has 0 fully saturated rings. The lowest BCUT2D eigenvalue weighted by Crippen LogP contribution is -2.04. The number of rotatable bonds is 9. The first-order chi connectivity index (χ1) is 16.5. The molecule has 0 saturated carbocycles. The average molecular weight is 475 g/mol. The zero-order valence-corrected chi connectivity index (χ0v) is 19.9. The summed E-state index contributed by atoms with van der Waals surface area (Å²) in [5, 5.41) is 10.5. The Morgan fingerprint density at radius 3 is 2.44 bits per heavy atom. The first-order valence-corrected chi connectivity index (χ1v) is 11.9. The number of aryl methyl sites for hydroxylation is 2. The van der Waals surface area contributed by atoms with E-state index in [1.54, 1.807) is 7.11 Å². The van der Waals surface area contributed by atoms with E-state index in [0.29, 0.717) is 29.4 Å². The molecule has 4 aromatic rings. The van der Waals surface area contributed by atoms with Crippen molar-refractivity contribution in [3.63, 3.8) is 0 Å². The molecule has 0 amide bonds. The standard InChI is InChI=1S/C28H26O5S/c1-19-16-21(12-13-24(19)32-18-22-10-6-7-11-25(22)31-2)26-17-23(29)27(28(30)33-26)34-15-14-20-8-4-3-5-9-20/h3-13,16-17,29H,14-15,18H2,1-2H3. The zero-order valence-electron chi connectivity index (χ0n) is 19.1. The number of para-hydroxylation sites is 1. The Hall–Kier alpha value is -3.64. The molecular formula is C28H26O5S. The van der Waals surface area contributed by atoms with Crippen LogP contribution >= 0.6 is 11.8 Å². The third-order valence-electron chi connectivity index (χ3n) is 5.40. The van der Waals surface area contributed by atoms with Gasteiger partial charge in [0.05, 0.1) is 7.11 Å². The van der Waals surface area contributed by atoms with Crippen molar-refractivity contribution in [3.8, 4) is 28.6 Å². The van der Waals surface area contributed by atoms with Gasteiger partial charge in [0.2, 0.25) is 0 Å². The van der Waals surface area contributed by atoms with E-state index in [2.05, 4.69) is 0 Å². The predicted octanol–water partition coefficient (Wildman–Crippen LogP) is 6.24. The molecule has 0 unspecified atom stereocenters. The molecule has 1 N–H and O–H groups in total. The van der Waals surface area contributed by atoms with E-state index in [-0.39, 0.29) is 10.6 Å². The Balaban J connectivity index is 1.45. The molecule has 4 rings (SSSR count). The van der Waals surface area contributed by atoms with E-state index in [1.165, 1.54) is 23.4 Å². The van der Waals surface area contributed by atoms with Crippen LogP contribution in [-0.4, -0.2) is 18.0 Å². The van der Waals surface area contributed by atoms with Crippen molar-refractivity contribution in [1.82, 2.24) is 0 Å². The molecule has 1 heterocycles. The summed E-state index contributed by atoms with van der Waals surface area (Å²) in [5.74, 6) is 2.40. The Kier molecular flexibility index (Phi) is 7.60. The summed E-state index contributed by atoms with van der Waals surface area (Å²) in [6.07, 6.45) is 0.793. The first-order valence-electron chi connectivity index (χ1n) is 10.9. The van der Waals surface area contributed by atoms with Gasteiger partial charge in [-0.25, -0.2) is 4.79 Å². The highest BCUT2D eigenvalue weighted by molar-refractivity contribution is 7.99. The molecule has 0 radical (unpaired) electrons. The van der Waals surface area contributed by atoms with Crippen LogP contribution in [0.2, 0.25) is 0 Å². The second-order valence-electron chi connectivity index (χ2n) is 7.78. The van der Waals surface area contributed by atoms with E-state index >= 15 is 0 Å². The van der Waals surface area contributed by atoms with Crippen LogP contribution in [0.3, 0.4) is 0 Å². The van der Waals surface area contributed by atoms with Crippen molar-refractivity contribution in [2.75, 3.05) is 12.9 Å². The SMILES string of the molecule is COc1ccccc1COc1ccc(-c2cc(O)c(SCCc3ccccc3)c(=O)o2)cc1C. The smallest absolute Gasteiger partial charge is 0.353 e. The summed E-state index contributed by atoms with van der Waals surface area (Å²) in [6.45, 7) is 2.29. The third kappa shape index (κ3) is 5.64. The van der Waals surface area contributed by atoms with E-state index in [0.717, 1.165) is 23.3 Å². The minimum absolute atomic E-state index is 0.0709. The number of aromatic hydroxyl groups is 1. The summed E-state index contributed by atoms with van der Waals surface area (Å²) in [5.41, 5.74) is 3.16. The van der Waals surface area contributed by atoms with Gasteiger partial charge in [0.25, 0.3) is 0 Å². The maximum atomic E-state index is 12.6. The number of benzene rings is 3. The van der Waals surface area contributed by atoms with Crippen molar-refractivity contribution in [3.05, 3.63) is 106 Å². The van der Waals surface area contributed by atoms with Crippen molar-refractivity contribution in [2.24, 2.45) is 0 Å². The molecule has 0 aliphatic heterocycles. The normalized spacial score (nSPS) is 10.8. The van der Waals surface area contributed by atoms with E-state index in [1.807, 2.05) is 79.7 Å². The van der Waals surface area contributed by atoms with Gasteiger partial charge in [0.1, 0.15) is 34.5 Å². The molecule has 0 aliphatic carbocycles. The number of hydrogen-bond acceptors (Lipinski definition) is 6. The van der Waals surface area contributed by atoms with Crippen molar-refractivity contribution in [1.29, 1.82) is 0 Å². The van der Waals surface area contributed by atoms with Gasteiger partial charge in [0, 0.05) is 22.9 Å². The lowest BCUT2D eigenvalue weighted by molar-refractivity contribution is 0.295. The Morgan fingerprint density at radius 2 is 1.71 bits per heavy atom. The fourth-order valence-electron chi connectivity index (χ4n) is 3.60. The third-order valence-corrected chi connectivity index (χ3v) is 6.48. The van der Waals surface area contributed by atoms with Crippen LogP contribution in [-0.2, 0) is 13.0 Å². The molecule has 0 aliphatic rings. The molecule has 1 aromatic heterocycles. The van der Waals surface area contributed by atoms with Crippen LogP contribution in [0, 0.1) is 6.92 Å². The highest BCUT2D eigenvalue weighted by atomic mass is 32.2. The van der Waals surface area contributed by atoms with E-state index in [4.69, 9.17) is 13.9 Å². The lowest BCUT2D eigenvalue weighted by Gasteiger charge is -2.13. The predicted molar refractivity (Wildman–Crippen MR) is 135 cm³/mol. The summed E-state index contributed by atoms with van der Waals surface area (Å²) in [6, 6.07) is 24.7. The lowest BCUT2D eigenvalue weighted by atomic mass is 10.1. The van der Waals surface area contributed by atoms with Gasteiger partial charge in [-0.3, -0.25) is 0 Å². The van der Waals surface area contributed by atoms with E-state index < -0.39 is 5.63 Å².